The van der Waals surface area contributed by atoms with Crippen LogP contribution in [0.5, 0.6) is 0 Å². The summed E-state index contributed by atoms with van der Waals surface area (Å²) >= 11 is 0. The number of carbonyl (C=O) groups is 2. The number of rotatable bonds is 20. The fourth-order valence-corrected chi connectivity index (χ4v) is 4.26. The number of nitrogens with zero attached hydrogens (tertiary/aromatic N) is 1. The van der Waals surface area contributed by atoms with Crippen LogP contribution in [0, 0.1) is 0 Å². The Hall–Kier alpha value is -1.16. The summed E-state index contributed by atoms with van der Waals surface area (Å²) in [6.45, 7) is 4.17. The Morgan fingerprint density at radius 2 is 1.20 bits per heavy atom. The van der Waals surface area contributed by atoms with Gasteiger partial charge in [0.05, 0.1) is 21.1 Å². The Morgan fingerprint density at radius 3 is 1.63 bits per heavy atom. The molecular weight excluding hydrogens is 374 g/mol. The number of carboxylic acid groups (broad SMARTS) is 1. The smallest absolute Gasteiger partial charge is 0.199 e. The molecule has 0 aliphatic rings. The summed E-state index contributed by atoms with van der Waals surface area (Å²) in [7, 11) is 5.34. The van der Waals surface area contributed by atoms with Gasteiger partial charge in [0.1, 0.15) is 5.97 Å². The molecule has 0 fully saturated rings. The minimum atomic E-state index is -1.42. The van der Waals surface area contributed by atoms with Gasteiger partial charge in [0, 0.05) is 12.8 Å². The van der Waals surface area contributed by atoms with E-state index in [9.17, 15) is 14.7 Å². The van der Waals surface area contributed by atoms with Crippen LogP contribution in [0.2, 0.25) is 0 Å². The Kier molecular flexibility index (Phi) is 15.9. The number of quaternary nitrogens is 1. The topological polar surface area (TPSA) is 57.2 Å². The highest BCUT2D eigenvalue weighted by molar-refractivity contribution is 6.05. The predicted molar refractivity (Wildman–Crippen MR) is 125 cm³/mol. The molecule has 0 aromatic heterocycles. The quantitative estimate of drug-likeness (QED) is 0.111. The summed E-state index contributed by atoms with van der Waals surface area (Å²) in [6, 6.07) is 0. The van der Waals surface area contributed by atoms with Crippen LogP contribution in [0.4, 0.5) is 0 Å². The Bertz CT molecular complexity index is 493. The minimum Gasteiger partial charge on any atom is -0.543 e. The lowest BCUT2D eigenvalue weighted by Crippen LogP contribution is -2.70. The highest BCUT2D eigenvalue weighted by atomic mass is 16.4. The van der Waals surface area contributed by atoms with E-state index >= 15 is 0 Å². The minimum absolute atomic E-state index is 0.0904. The average molecular weight is 424 g/mol. The van der Waals surface area contributed by atoms with Gasteiger partial charge in [0.25, 0.3) is 0 Å². The number of allylic oxidation sites excluding steroid dienone is 2. The van der Waals surface area contributed by atoms with Gasteiger partial charge in [-0.2, -0.15) is 0 Å². The van der Waals surface area contributed by atoms with Gasteiger partial charge in [-0.15, -0.1) is 0 Å². The number of aliphatic carboxylic acids is 1. The van der Waals surface area contributed by atoms with E-state index < -0.39 is 11.5 Å². The molecule has 30 heavy (non-hydrogen) atoms. The van der Waals surface area contributed by atoms with E-state index in [1.54, 1.807) is 21.1 Å². The van der Waals surface area contributed by atoms with Crippen LogP contribution in [0.25, 0.3) is 0 Å². The molecular formula is C26H49NO3. The number of ketones is 1. The molecule has 176 valence electrons. The van der Waals surface area contributed by atoms with Crippen LogP contribution in [0.15, 0.2) is 12.2 Å². The molecule has 1 unspecified atom stereocenters. The zero-order valence-electron chi connectivity index (χ0n) is 20.6. The highest BCUT2D eigenvalue weighted by Gasteiger charge is 2.50. The van der Waals surface area contributed by atoms with E-state index in [0.717, 1.165) is 25.7 Å². The Balaban J connectivity index is 3.96. The molecule has 4 nitrogen and oxygen atoms in total. The number of unbranched alkanes of at least 4 members (excludes halogenated alkanes) is 11. The van der Waals surface area contributed by atoms with Crippen LogP contribution in [-0.4, -0.2) is 42.9 Å². The van der Waals surface area contributed by atoms with Gasteiger partial charge in [-0.1, -0.05) is 77.4 Å². The molecule has 0 saturated carbocycles. The molecule has 0 bridgehead atoms. The summed E-state index contributed by atoms with van der Waals surface area (Å²) < 4.78 is 0.0904. The number of carbonyl (C=O) groups excluding carboxylic acids is 2. The average Bonchev–Trinajstić information content (AvgIpc) is 2.67. The van der Waals surface area contributed by atoms with E-state index in [1.165, 1.54) is 57.8 Å². The van der Waals surface area contributed by atoms with Crippen molar-refractivity contribution < 1.29 is 19.2 Å². The Labute approximate surface area is 186 Å². The normalized spacial score (nSPS) is 14.2. The van der Waals surface area contributed by atoms with Crippen molar-refractivity contribution in [2.24, 2.45) is 0 Å². The zero-order chi connectivity index (χ0) is 22.9. The van der Waals surface area contributed by atoms with Gasteiger partial charge in [0.15, 0.2) is 11.3 Å². The lowest BCUT2D eigenvalue weighted by Gasteiger charge is -2.45. The van der Waals surface area contributed by atoms with Gasteiger partial charge in [-0.3, -0.25) is 4.79 Å². The van der Waals surface area contributed by atoms with Crippen molar-refractivity contribution in [3.05, 3.63) is 12.2 Å². The van der Waals surface area contributed by atoms with Crippen molar-refractivity contribution in [1.82, 2.24) is 0 Å². The molecule has 1 atom stereocenters. The van der Waals surface area contributed by atoms with Gasteiger partial charge in [0.2, 0.25) is 0 Å². The predicted octanol–water partition coefficient (Wildman–Crippen LogP) is 5.59. The van der Waals surface area contributed by atoms with Crippen LogP contribution in [-0.2, 0) is 9.59 Å². The van der Waals surface area contributed by atoms with Gasteiger partial charge >= 0.3 is 0 Å². The van der Waals surface area contributed by atoms with Crippen molar-refractivity contribution in [1.29, 1.82) is 0 Å². The summed E-state index contributed by atoms with van der Waals surface area (Å²) in [5.41, 5.74) is -1.42. The molecule has 4 heteroatoms. The standard InChI is InChI=1S/C26H49NO3/c1-6-8-9-10-11-12-13-14-15-16-17-18-19-20-21-22-24(28)26(23-7-2,25(29)30)27(3,4)5/h14-15H,6-13,16-23H2,1-5H3/b15-14-. The van der Waals surface area contributed by atoms with Gasteiger partial charge in [-0.05, 0) is 38.5 Å². The van der Waals surface area contributed by atoms with Crippen LogP contribution < -0.4 is 5.11 Å². The van der Waals surface area contributed by atoms with Crippen molar-refractivity contribution >= 4 is 11.8 Å². The number of Topliss-reactive ketones (excluding diaryl/α,β-unsaturated/α-hetero) is 1. The largest absolute Gasteiger partial charge is 0.543 e. The first-order valence-corrected chi connectivity index (χ1v) is 12.4. The van der Waals surface area contributed by atoms with Gasteiger partial charge < -0.3 is 14.4 Å². The molecule has 0 rings (SSSR count). The first-order valence-electron chi connectivity index (χ1n) is 12.4. The monoisotopic (exact) mass is 423 g/mol. The second-order valence-corrected chi connectivity index (χ2v) is 9.67. The molecule has 0 amide bonds. The third-order valence-electron chi connectivity index (χ3n) is 6.22. The van der Waals surface area contributed by atoms with E-state index in [1.807, 2.05) is 6.92 Å². The van der Waals surface area contributed by atoms with E-state index in [2.05, 4.69) is 19.1 Å². The number of carboxylic acids is 1. The maximum Gasteiger partial charge on any atom is 0.199 e. The Morgan fingerprint density at radius 1 is 0.733 bits per heavy atom. The number of hydrogen-bond acceptors (Lipinski definition) is 3. The van der Waals surface area contributed by atoms with E-state index in [4.69, 9.17) is 0 Å². The molecule has 0 saturated heterocycles. The second kappa shape index (κ2) is 16.5. The SMILES string of the molecule is CCCCCCCC/C=C\CCCCCCCC(=O)C(CCC)(C(=O)[O-])[N+](C)(C)C. The third-order valence-corrected chi connectivity index (χ3v) is 6.22. The fourth-order valence-electron chi connectivity index (χ4n) is 4.26. The molecule has 0 spiro atoms. The maximum atomic E-state index is 12.8. The third kappa shape index (κ3) is 10.7. The number of hydrogen-bond donors (Lipinski definition) is 0. The molecule has 0 aliphatic heterocycles. The van der Waals surface area contributed by atoms with Crippen molar-refractivity contribution in [2.45, 2.75) is 122 Å². The fraction of sp³-hybridized carbons (Fsp3) is 0.846. The lowest BCUT2D eigenvalue weighted by atomic mass is 9.83. The molecule has 0 aliphatic carbocycles. The summed E-state index contributed by atoms with van der Waals surface area (Å²) in [5.74, 6) is -1.40. The summed E-state index contributed by atoms with van der Waals surface area (Å²) in [6.07, 6.45) is 21.7. The first kappa shape index (κ1) is 28.8. The summed E-state index contributed by atoms with van der Waals surface area (Å²) in [5, 5.41) is 11.9. The zero-order valence-corrected chi connectivity index (χ0v) is 20.6. The molecule has 0 aromatic carbocycles. The second-order valence-electron chi connectivity index (χ2n) is 9.67. The van der Waals surface area contributed by atoms with Crippen LogP contribution >= 0.6 is 0 Å². The molecule has 0 heterocycles. The molecule has 0 N–H and O–H groups in total. The maximum absolute atomic E-state index is 12.8. The summed E-state index contributed by atoms with van der Waals surface area (Å²) in [4.78, 5) is 24.7. The van der Waals surface area contributed by atoms with Crippen LogP contribution in [0.1, 0.15) is 117 Å². The lowest BCUT2D eigenvalue weighted by molar-refractivity contribution is -0.906. The van der Waals surface area contributed by atoms with E-state index in [-0.39, 0.29) is 10.3 Å². The van der Waals surface area contributed by atoms with Crippen molar-refractivity contribution in [3.63, 3.8) is 0 Å². The van der Waals surface area contributed by atoms with Gasteiger partial charge in [-0.25, -0.2) is 0 Å². The number of likely N-dealkylation sites (N-methyl/N-ethyl adjacent to an activating group) is 1. The van der Waals surface area contributed by atoms with E-state index in [0.29, 0.717) is 19.3 Å². The first-order chi connectivity index (χ1) is 14.2. The highest BCUT2D eigenvalue weighted by Crippen LogP contribution is 2.28. The molecule has 0 aromatic rings. The van der Waals surface area contributed by atoms with Crippen LogP contribution in [0.3, 0.4) is 0 Å². The molecule has 0 radical (unpaired) electrons. The van der Waals surface area contributed by atoms with Crippen molar-refractivity contribution in [3.8, 4) is 0 Å². The van der Waals surface area contributed by atoms with Crippen molar-refractivity contribution in [2.75, 3.05) is 21.1 Å².